The SMILES string of the molecule is CC1(C)CCCN(CCC(=O)c2cc(F)cc(F)c2)CC1. The summed E-state index contributed by atoms with van der Waals surface area (Å²) >= 11 is 0. The summed E-state index contributed by atoms with van der Waals surface area (Å²) in [6.07, 6.45) is 3.77. The molecule has 0 aliphatic carbocycles. The van der Waals surface area contributed by atoms with Crippen molar-refractivity contribution < 1.29 is 13.6 Å². The van der Waals surface area contributed by atoms with Crippen molar-refractivity contribution >= 4 is 5.78 Å². The van der Waals surface area contributed by atoms with Crippen LogP contribution >= 0.6 is 0 Å². The van der Waals surface area contributed by atoms with Crippen LogP contribution in [0.3, 0.4) is 0 Å². The Morgan fingerprint density at radius 1 is 1.14 bits per heavy atom. The number of nitrogens with zero attached hydrogens (tertiary/aromatic N) is 1. The zero-order valence-corrected chi connectivity index (χ0v) is 12.8. The summed E-state index contributed by atoms with van der Waals surface area (Å²) in [7, 11) is 0. The molecule has 0 unspecified atom stereocenters. The molecule has 0 radical (unpaired) electrons. The molecule has 1 aromatic rings. The molecule has 0 spiro atoms. The Kier molecular flexibility index (Phi) is 5.09. The maximum Gasteiger partial charge on any atom is 0.164 e. The fourth-order valence-corrected chi connectivity index (χ4v) is 2.82. The number of carbonyl (C=O) groups excluding carboxylic acids is 1. The highest BCUT2D eigenvalue weighted by molar-refractivity contribution is 5.96. The fraction of sp³-hybridized carbons (Fsp3) is 0.588. The number of rotatable bonds is 4. The third kappa shape index (κ3) is 4.88. The number of Topliss-reactive ketones (excluding diaryl/α,β-unsaturated/α-hetero) is 1. The molecule has 0 bridgehead atoms. The van der Waals surface area contributed by atoms with Gasteiger partial charge in [-0.05, 0) is 49.9 Å². The van der Waals surface area contributed by atoms with E-state index >= 15 is 0 Å². The van der Waals surface area contributed by atoms with E-state index in [-0.39, 0.29) is 11.3 Å². The van der Waals surface area contributed by atoms with Gasteiger partial charge >= 0.3 is 0 Å². The number of hydrogen-bond acceptors (Lipinski definition) is 2. The lowest BCUT2D eigenvalue weighted by Crippen LogP contribution is -2.28. The summed E-state index contributed by atoms with van der Waals surface area (Å²) in [6.45, 7) is 7.19. The second-order valence-corrected chi connectivity index (χ2v) is 6.69. The van der Waals surface area contributed by atoms with Gasteiger partial charge in [-0.3, -0.25) is 4.79 Å². The van der Waals surface area contributed by atoms with Crippen LogP contribution in [0.1, 0.15) is 49.9 Å². The first-order valence-electron chi connectivity index (χ1n) is 7.57. The van der Waals surface area contributed by atoms with E-state index in [1.807, 2.05) is 0 Å². The zero-order valence-electron chi connectivity index (χ0n) is 12.8. The van der Waals surface area contributed by atoms with E-state index in [4.69, 9.17) is 0 Å². The van der Waals surface area contributed by atoms with E-state index in [9.17, 15) is 13.6 Å². The highest BCUT2D eigenvalue weighted by Crippen LogP contribution is 2.29. The normalized spacial score (nSPS) is 19.2. The molecule has 2 rings (SSSR count). The van der Waals surface area contributed by atoms with Gasteiger partial charge in [-0.1, -0.05) is 13.8 Å². The molecule has 0 aromatic heterocycles. The molecule has 0 N–H and O–H groups in total. The molecule has 0 atom stereocenters. The van der Waals surface area contributed by atoms with Crippen molar-refractivity contribution in [3.8, 4) is 0 Å². The standard InChI is InChI=1S/C17H23F2NO/c1-17(2)5-3-7-20(9-6-17)8-4-16(21)13-10-14(18)12-15(19)11-13/h10-12H,3-9H2,1-2H3. The van der Waals surface area contributed by atoms with Crippen LogP contribution in [-0.2, 0) is 0 Å². The van der Waals surface area contributed by atoms with Crippen LogP contribution in [-0.4, -0.2) is 30.3 Å². The number of benzene rings is 1. The number of likely N-dealkylation sites (tertiary alicyclic amines) is 1. The first-order chi connectivity index (χ1) is 9.85. The summed E-state index contributed by atoms with van der Waals surface area (Å²) in [5, 5.41) is 0. The largest absolute Gasteiger partial charge is 0.303 e. The zero-order chi connectivity index (χ0) is 15.5. The fourth-order valence-electron chi connectivity index (χ4n) is 2.82. The summed E-state index contributed by atoms with van der Waals surface area (Å²) in [5.74, 6) is -1.60. The van der Waals surface area contributed by atoms with E-state index in [0.717, 1.165) is 44.1 Å². The van der Waals surface area contributed by atoms with E-state index < -0.39 is 11.6 Å². The molecule has 1 heterocycles. The van der Waals surface area contributed by atoms with Crippen molar-refractivity contribution in [2.45, 2.75) is 39.5 Å². The minimum atomic E-state index is -0.699. The van der Waals surface area contributed by atoms with Crippen LogP contribution in [0.25, 0.3) is 0 Å². The molecule has 1 aliphatic rings. The van der Waals surface area contributed by atoms with Crippen LogP contribution in [0, 0.1) is 17.0 Å². The van der Waals surface area contributed by atoms with Crippen LogP contribution in [0.2, 0.25) is 0 Å². The van der Waals surface area contributed by atoms with Gasteiger partial charge in [-0.25, -0.2) is 8.78 Å². The maximum atomic E-state index is 13.1. The van der Waals surface area contributed by atoms with Gasteiger partial charge in [0.25, 0.3) is 0 Å². The predicted octanol–water partition coefficient (Wildman–Crippen LogP) is 4.05. The van der Waals surface area contributed by atoms with E-state index in [0.29, 0.717) is 18.4 Å². The van der Waals surface area contributed by atoms with Gasteiger partial charge in [-0.15, -0.1) is 0 Å². The third-order valence-electron chi connectivity index (χ3n) is 4.27. The second-order valence-electron chi connectivity index (χ2n) is 6.69. The molecule has 1 fully saturated rings. The predicted molar refractivity (Wildman–Crippen MR) is 79.4 cm³/mol. The van der Waals surface area contributed by atoms with Gasteiger partial charge in [0.2, 0.25) is 0 Å². The summed E-state index contributed by atoms with van der Waals surface area (Å²) in [5.41, 5.74) is 0.493. The molecule has 1 aliphatic heterocycles. The smallest absolute Gasteiger partial charge is 0.164 e. The maximum absolute atomic E-state index is 13.1. The van der Waals surface area contributed by atoms with Gasteiger partial charge < -0.3 is 4.90 Å². The molecule has 0 amide bonds. The average molecular weight is 295 g/mol. The van der Waals surface area contributed by atoms with Gasteiger partial charge in [0.1, 0.15) is 11.6 Å². The quantitative estimate of drug-likeness (QED) is 0.781. The number of carbonyl (C=O) groups is 1. The average Bonchev–Trinajstić information content (AvgIpc) is 2.56. The van der Waals surface area contributed by atoms with Gasteiger partial charge in [-0.2, -0.15) is 0 Å². The summed E-state index contributed by atoms with van der Waals surface area (Å²) < 4.78 is 26.2. The highest BCUT2D eigenvalue weighted by Gasteiger charge is 2.23. The summed E-state index contributed by atoms with van der Waals surface area (Å²) in [6, 6.07) is 3.00. The minimum Gasteiger partial charge on any atom is -0.303 e. The Morgan fingerprint density at radius 3 is 2.48 bits per heavy atom. The number of halogens is 2. The minimum absolute atomic E-state index is 0.127. The Balaban J connectivity index is 1.89. The van der Waals surface area contributed by atoms with Crippen molar-refractivity contribution in [3.63, 3.8) is 0 Å². The molecule has 4 heteroatoms. The molecule has 0 saturated carbocycles. The highest BCUT2D eigenvalue weighted by atomic mass is 19.1. The van der Waals surface area contributed by atoms with Crippen molar-refractivity contribution in [2.24, 2.45) is 5.41 Å². The van der Waals surface area contributed by atoms with Crippen molar-refractivity contribution in [1.82, 2.24) is 4.90 Å². The van der Waals surface area contributed by atoms with Crippen molar-refractivity contribution in [3.05, 3.63) is 35.4 Å². The van der Waals surface area contributed by atoms with E-state index in [1.54, 1.807) is 0 Å². The van der Waals surface area contributed by atoms with Gasteiger partial charge in [0, 0.05) is 24.6 Å². The molecule has 2 nitrogen and oxygen atoms in total. The molecular formula is C17H23F2NO. The second kappa shape index (κ2) is 6.65. The Hall–Kier alpha value is -1.29. The van der Waals surface area contributed by atoms with E-state index in [2.05, 4.69) is 18.7 Å². The first-order valence-corrected chi connectivity index (χ1v) is 7.57. The molecule has 116 valence electrons. The molecule has 1 saturated heterocycles. The Morgan fingerprint density at radius 2 is 1.81 bits per heavy atom. The lowest BCUT2D eigenvalue weighted by atomic mass is 9.85. The molecular weight excluding hydrogens is 272 g/mol. The third-order valence-corrected chi connectivity index (χ3v) is 4.27. The number of hydrogen-bond donors (Lipinski definition) is 0. The lowest BCUT2D eigenvalue weighted by Gasteiger charge is -2.23. The van der Waals surface area contributed by atoms with E-state index in [1.165, 1.54) is 6.42 Å². The van der Waals surface area contributed by atoms with Crippen LogP contribution < -0.4 is 0 Å². The van der Waals surface area contributed by atoms with Crippen LogP contribution in [0.15, 0.2) is 18.2 Å². The number of ketones is 1. The Labute approximate surface area is 125 Å². The Bertz CT molecular complexity index is 493. The van der Waals surface area contributed by atoms with Gasteiger partial charge in [0.15, 0.2) is 5.78 Å². The topological polar surface area (TPSA) is 20.3 Å². The molecule has 1 aromatic carbocycles. The van der Waals surface area contributed by atoms with Gasteiger partial charge in [0.05, 0.1) is 0 Å². The molecule has 21 heavy (non-hydrogen) atoms. The monoisotopic (exact) mass is 295 g/mol. The van der Waals surface area contributed by atoms with Crippen molar-refractivity contribution in [2.75, 3.05) is 19.6 Å². The van der Waals surface area contributed by atoms with Crippen LogP contribution in [0.4, 0.5) is 8.78 Å². The van der Waals surface area contributed by atoms with Crippen molar-refractivity contribution in [1.29, 1.82) is 0 Å². The first kappa shape index (κ1) is 16.1. The summed E-state index contributed by atoms with van der Waals surface area (Å²) in [4.78, 5) is 14.3. The van der Waals surface area contributed by atoms with Crippen LogP contribution in [0.5, 0.6) is 0 Å². The lowest BCUT2D eigenvalue weighted by molar-refractivity contribution is 0.0963.